The third-order valence-corrected chi connectivity index (χ3v) is 4.01. The fourth-order valence-electron chi connectivity index (χ4n) is 1.51. The van der Waals surface area contributed by atoms with Gasteiger partial charge in [-0.2, -0.15) is 0 Å². The Morgan fingerprint density at radius 3 is 2.65 bits per heavy atom. The van der Waals surface area contributed by atoms with E-state index in [1.165, 1.54) is 7.11 Å². The number of nitrogens with two attached hydrogens (primary N) is 1. The van der Waals surface area contributed by atoms with Crippen molar-refractivity contribution in [1.82, 2.24) is 0 Å². The Balaban J connectivity index is 2.87. The molecule has 2 N–H and O–H groups in total. The fourth-order valence-corrected chi connectivity index (χ4v) is 2.43. The average Bonchev–Trinajstić information content (AvgIpc) is 2.27. The number of rotatable bonds is 4. The van der Waals surface area contributed by atoms with Crippen molar-refractivity contribution < 1.29 is 14.1 Å². The van der Waals surface area contributed by atoms with Crippen LogP contribution in [0.2, 0.25) is 0 Å². The zero-order valence-corrected chi connectivity index (χ0v) is 11.2. The van der Waals surface area contributed by atoms with Gasteiger partial charge in [-0.05, 0) is 31.4 Å². The zero-order valence-electron chi connectivity index (χ0n) is 10.3. The van der Waals surface area contributed by atoms with E-state index in [0.29, 0.717) is 6.42 Å². The number of benzene rings is 1. The van der Waals surface area contributed by atoms with E-state index in [0.717, 1.165) is 10.9 Å². The lowest BCUT2D eigenvalue weighted by Gasteiger charge is -2.12. The molecule has 1 atom stereocenters. The Labute approximate surface area is 102 Å². The molecular weight excluding hydrogens is 237 g/mol. The van der Waals surface area contributed by atoms with E-state index in [1.54, 1.807) is 13.3 Å². The van der Waals surface area contributed by atoms with E-state index >= 15 is 0 Å². The summed E-state index contributed by atoms with van der Waals surface area (Å²) in [5.41, 5.74) is 6.57. The minimum absolute atomic E-state index is 0.389. The van der Waals surface area contributed by atoms with E-state index < -0.39 is 19.2 Å². The number of ether oxygens (including phenoxy) is 1. The van der Waals surface area contributed by atoms with Gasteiger partial charge in [0.1, 0.15) is 13.2 Å². The second-order valence-electron chi connectivity index (χ2n) is 4.35. The molecule has 1 aromatic rings. The van der Waals surface area contributed by atoms with Crippen molar-refractivity contribution in [2.75, 3.05) is 20.4 Å². The van der Waals surface area contributed by atoms with Gasteiger partial charge in [-0.1, -0.05) is 18.2 Å². The molecule has 0 fully saturated rings. The van der Waals surface area contributed by atoms with Crippen LogP contribution in [0.4, 0.5) is 0 Å². The van der Waals surface area contributed by atoms with Gasteiger partial charge >= 0.3 is 5.97 Å². The summed E-state index contributed by atoms with van der Waals surface area (Å²) in [4.78, 5) is 11.2. The smallest absolute Gasteiger partial charge is 0.322 e. The van der Waals surface area contributed by atoms with Crippen LogP contribution in [0.25, 0.3) is 0 Å². The highest BCUT2D eigenvalue weighted by Gasteiger charge is 2.16. The van der Waals surface area contributed by atoms with Crippen LogP contribution in [0.1, 0.15) is 5.56 Å². The van der Waals surface area contributed by atoms with E-state index in [4.69, 9.17) is 5.73 Å². The maximum absolute atomic E-state index is 11.9. The lowest BCUT2D eigenvalue weighted by Crippen LogP contribution is -2.33. The van der Waals surface area contributed by atoms with Gasteiger partial charge in [-0.25, -0.2) is 0 Å². The molecular formula is C12H18NO3P. The first-order valence-corrected chi connectivity index (χ1v) is 7.92. The Bertz CT molecular complexity index is 453. The second kappa shape index (κ2) is 5.48. The van der Waals surface area contributed by atoms with Crippen LogP contribution in [-0.4, -0.2) is 32.5 Å². The lowest BCUT2D eigenvalue weighted by atomic mass is 10.1. The monoisotopic (exact) mass is 255 g/mol. The highest BCUT2D eigenvalue weighted by molar-refractivity contribution is 7.70. The molecule has 0 spiro atoms. The van der Waals surface area contributed by atoms with Crippen LogP contribution in [0.15, 0.2) is 24.3 Å². The summed E-state index contributed by atoms with van der Waals surface area (Å²) in [7, 11) is -0.966. The third kappa shape index (κ3) is 3.99. The number of esters is 1. The molecule has 0 bridgehead atoms. The molecule has 0 aliphatic rings. The maximum atomic E-state index is 11.9. The molecule has 0 saturated carbocycles. The number of carbonyl (C=O) groups excluding carboxylic acids is 1. The predicted molar refractivity (Wildman–Crippen MR) is 69.2 cm³/mol. The van der Waals surface area contributed by atoms with E-state index in [9.17, 15) is 9.36 Å². The van der Waals surface area contributed by atoms with Crippen molar-refractivity contribution in [2.45, 2.75) is 12.5 Å². The summed E-state index contributed by atoms with van der Waals surface area (Å²) in [5, 5.41) is 0.798. The second-order valence-corrected chi connectivity index (χ2v) is 7.57. The zero-order chi connectivity index (χ0) is 13.1. The molecule has 0 heterocycles. The highest BCUT2D eigenvalue weighted by atomic mass is 31.2. The fraction of sp³-hybridized carbons (Fsp3) is 0.417. The van der Waals surface area contributed by atoms with Crippen LogP contribution in [0.3, 0.4) is 0 Å². The van der Waals surface area contributed by atoms with Gasteiger partial charge in [0.25, 0.3) is 0 Å². The maximum Gasteiger partial charge on any atom is 0.322 e. The third-order valence-electron chi connectivity index (χ3n) is 2.49. The van der Waals surface area contributed by atoms with Gasteiger partial charge in [0, 0.05) is 5.30 Å². The average molecular weight is 255 g/mol. The molecule has 0 aliphatic heterocycles. The number of hydrogen-bond acceptors (Lipinski definition) is 4. The van der Waals surface area contributed by atoms with E-state index in [2.05, 4.69) is 4.74 Å². The summed E-state index contributed by atoms with van der Waals surface area (Å²) < 4.78 is 16.5. The first-order chi connectivity index (χ1) is 7.84. The Morgan fingerprint density at radius 1 is 1.47 bits per heavy atom. The molecule has 94 valence electrons. The molecule has 1 unspecified atom stereocenters. The minimum Gasteiger partial charge on any atom is -0.468 e. The molecule has 4 nitrogen and oxygen atoms in total. The van der Waals surface area contributed by atoms with Gasteiger partial charge in [-0.3, -0.25) is 4.79 Å². The molecule has 0 amide bonds. The van der Waals surface area contributed by atoms with Crippen LogP contribution < -0.4 is 11.0 Å². The quantitative estimate of drug-likeness (QED) is 0.643. The highest BCUT2D eigenvalue weighted by Crippen LogP contribution is 2.34. The van der Waals surface area contributed by atoms with Gasteiger partial charge in [0.05, 0.1) is 7.11 Å². The van der Waals surface area contributed by atoms with Crippen LogP contribution in [-0.2, 0) is 20.5 Å². The summed E-state index contributed by atoms with van der Waals surface area (Å²) in [6.07, 6.45) is 0.389. The SMILES string of the molecule is COC(=O)C(N)Cc1cccc(P(C)(C)=O)c1. The molecule has 0 aromatic heterocycles. The largest absolute Gasteiger partial charge is 0.468 e. The summed E-state index contributed by atoms with van der Waals surface area (Å²) in [5.74, 6) is -0.438. The van der Waals surface area contributed by atoms with Gasteiger partial charge in [0.2, 0.25) is 0 Å². The summed E-state index contributed by atoms with van der Waals surface area (Å²) in [6.45, 7) is 3.43. The summed E-state index contributed by atoms with van der Waals surface area (Å²) >= 11 is 0. The van der Waals surface area contributed by atoms with Crippen molar-refractivity contribution in [3.63, 3.8) is 0 Å². The lowest BCUT2D eigenvalue weighted by molar-refractivity contribution is -0.142. The van der Waals surface area contributed by atoms with Crippen LogP contribution in [0.5, 0.6) is 0 Å². The number of hydrogen-bond donors (Lipinski definition) is 1. The van der Waals surface area contributed by atoms with Crippen molar-refractivity contribution in [3.8, 4) is 0 Å². The Morgan fingerprint density at radius 2 is 2.12 bits per heavy atom. The normalized spacial score (nSPS) is 13.2. The predicted octanol–water partition coefficient (Wildman–Crippen LogP) is 0.977. The first kappa shape index (κ1) is 13.9. The van der Waals surface area contributed by atoms with Crippen molar-refractivity contribution in [2.24, 2.45) is 5.73 Å². The molecule has 5 heteroatoms. The van der Waals surface area contributed by atoms with Gasteiger partial charge < -0.3 is 15.0 Å². The Hall–Kier alpha value is -1.12. The minimum atomic E-state index is -2.28. The van der Waals surface area contributed by atoms with Crippen molar-refractivity contribution in [1.29, 1.82) is 0 Å². The van der Waals surface area contributed by atoms with Crippen LogP contribution in [0, 0.1) is 0 Å². The topological polar surface area (TPSA) is 69.4 Å². The van der Waals surface area contributed by atoms with Crippen molar-refractivity contribution in [3.05, 3.63) is 29.8 Å². The van der Waals surface area contributed by atoms with Crippen molar-refractivity contribution >= 4 is 18.4 Å². The standard InChI is InChI=1S/C12H18NO3P/c1-16-12(14)11(13)8-9-5-4-6-10(7-9)17(2,3)15/h4-7,11H,8,13H2,1-3H3. The van der Waals surface area contributed by atoms with Crippen LogP contribution >= 0.6 is 7.14 Å². The molecule has 1 aromatic carbocycles. The number of methoxy groups -OCH3 is 1. The van der Waals surface area contributed by atoms with Gasteiger partial charge in [0.15, 0.2) is 0 Å². The molecule has 0 radical (unpaired) electrons. The Kier molecular flexibility index (Phi) is 4.49. The summed E-state index contributed by atoms with van der Waals surface area (Å²) in [6, 6.07) is 6.68. The molecule has 0 aliphatic carbocycles. The molecule has 1 rings (SSSR count). The first-order valence-electron chi connectivity index (χ1n) is 5.32. The van der Waals surface area contributed by atoms with Gasteiger partial charge in [-0.15, -0.1) is 0 Å². The van der Waals surface area contributed by atoms with E-state index in [1.807, 2.05) is 24.3 Å². The number of carbonyl (C=O) groups is 1. The molecule has 17 heavy (non-hydrogen) atoms. The van der Waals surface area contributed by atoms with E-state index in [-0.39, 0.29) is 0 Å². The molecule has 0 saturated heterocycles.